The van der Waals surface area contributed by atoms with Gasteiger partial charge < -0.3 is 10.1 Å². The van der Waals surface area contributed by atoms with Crippen LogP contribution in [0.1, 0.15) is 5.69 Å². The largest absolute Gasteiger partial charge is 0.390 e. The third-order valence-electron chi connectivity index (χ3n) is 1.10. The van der Waals surface area contributed by atoms with Gasteiger partial charge in [0.15, 0.2) is 0 Å². The van der Waals surface area contributed by atoms with Crippen molar-refractivity contribution >= 4 is 15.9 Å². The van der Waals surface area contributed by atoms with Crippen molar-refractivity contribution in [3.05, 3.63) is 32.7 Å². The van der Waals surface area contributed by atoms with Crippen LogP contribution in [-0.4, -0.2) is 10.1 Å². The molecule has 0 saturated heterocycles. The van der Waals surface area contributed by atoms with Gasteiger partial charge >= 0.3 is 0 Å². The summed E-state index contributed by atoms with van der Waals surface area (Å²) in [5.41, 5.74) is 0.305. The molecule has 1 aromatic heterocycles. The summed E-state index contributed by atoms with van der Waals surface area (Å²) in [6.45, 7) is -0.156. The molecule has 4 heteroatoms. The number of pyridine rings is 1. The Hall–Kier alpha value is -0.610. The van der Waals surface area contributed by atoms with Crippen molar-refractivity contribution in [2.75, 3.05) is 0 Å². The summed E-state index contributed by atoms with van der Waals surface area (Å²) in [6.07, 6.45) is 0. The van der Waals surface area contributed by atoms with Crippen LogP contribution >= 0.6 is 15.9 Å². The highest BCUT2D eigenvalue weighted by atomic mass is 79.9. The molecular weight excluding hydrogens is 198 g/mol. The molecule has 0 aliphatic carbocycles. The lowest BCUT2D eigenvalue weighted by molar-refractivity contribution is 0.275. The summed E-state index contributed by atoms with van der Waals surface area (Å²) in [5, 5.41) is 8.64. The van der Waals surface area contributed by atoms with Gasteiger partial charge in [0.1, 0.15) is 0 Å². The Morgan fingerprint density at radius 3 is 2.80 bits per heavy atom. The lowest BCUT2D eigenvalue weighted by Crippen LogP contribution is -2.06. The number of hydrogen-bond donors (Lipinski definition) is 2. The highest BCUT2D eigenvalue weighted by molar-refractivity contribution is 9.10. The number of hydrogen-bond acceptors (Lipinski definition) is 2. The van der Waals surface area contributed by atoms with E-state index in [0.29, 0.717) is 5.69 Å². The van der Waals surface area contributed by atoms with E-state index in [0.717, 1.165) is 4.47 Å². The number of aliphatic hydroxyl groups is 1. The molecule has 0 aliphatic rings. The lowest BCUT2D eigenvalue weighted by Gasteiger charge is -1.96. The molecule has 0 bridgehead atoms. The third-order valence-corrected chi connectivity index (χ3v) is 1.84. The van der Waals surface area contributed by atoms with Gasteiger partial charge in [-0.25, -0.2) is 0 Å². The minimum Gasteiger partial charge on any atom is -0.390 e. The maximum Gasteiger partial charge on any atom is 0.248 e. The van der Waals surface area contributed by atoms with Crippen LogP contribution in [0, 0.1) is 0 Å². The number of aliphatic hydroxyl groups excluding tert-OH is 1. The Morgan fingerprint density at radius 2 is 2.30 bits per heavy atom. The van der Waals surface area contributed by atoms with E-state index in [1.807, 2.05) is 0 Å². The molecular formula is C6H6BrNO2. The molecule has 0 atom stereocenters. The minimum atomic E-state index is -0.202. The second-order valence-electron chi connectivity index (χ2n) is 1.81. The van der Waals surface area contributed by atoms with Gasteiger partial charge in [-0.3, -0.25) is 4.79 Å². The van der Waals surface area contributed by atoms with Crippen LogP contribution in [0.4, 0.5) is 0 Å². The first-order valence-electron chi connectivity index (χ1n) is 2.72. The molecule has 0 radical (unpaired) electrons. The first kappa shape index (κ1) is 7.50. The standard InChI is InChI=1S/C6H6BrNO2/c7-4-1-2-6(10)8-5(4)3-9/h1-2,9H,3H2,(H,8,10). The first-order chi connectivity index (χ1) is 4.74. The molecule has 2 N–H and O–H groups in total. The van der Waals surface area contributed by atoms with E-state index in [1.165, 1.54) is 6.07 Å². The summed E-state index contributed by atoms with van der Waals surface area (Å²) in [6, 6.07) is 2.99. The van der Waals surface area contributed by atoms with Crippen molar-refractivity contribution in [1.82, 2.24) is 4.98 Å². The zero-order valence-corrected chi connectivity index (χ0v) is 6.68. The van der Waals surface area contributed by atoms with Gasteiger partial charge in [-0.2, -0.15) is 0 Å². The van der Waals surface area contributed by atoms with Crippen LogP contribution in [0.2, 0.25) is 0 Å². The quantitative estimate of drug-likeness (QED) is 0.704. The Kier molecular flexibility index (Phi) is 2.24. The molecule has 1 aromatic rings. The van der Waals surface area contributed by atoms with E-state index >= 15 is 0 Å². The molecule has 3 nitrogen and oxygen atoms in total. The van der Waals surface area contributed by atoms with Gasteiger partial charge in [0, 0.05) is 10.5 Å². The van der Waals surface area contributed by atoms with Crippen molar-refractivity contribution in [3.63, 3.8) is 0 Å². The summed E-state index contributed by atoms with van der Waals surface area (Å²) in [5.74, 6) is 0. The topological polar surface area (TPSA) is 53.1 Å². The van der Waals surface area contributed by atoms with Gasteiger partial charge in [-0.15, -0.1) is 0 Å². The van der Waals surface area contributed by atoms with Crippen molar-refractivity contribution < 1.29 is 5.11 Å². The first-order valence-corrected chi connectivity index (χ1v) is 3.52. The molecule has 0 aliphatic heterocycles. The van der Waals surface area contributed by atoms with Gasteiger partial charge in [0.2, 0.25) is 5.56 Å². The highest BCUT2D eigenvalue weighted by Gasteiger charge is 1.96. The average Bonchev–Trinajstić information content (AvgIpc) is 1.94. The van der Waals surface area contributed by atoms with Crippen molar-refractivity contribution in [2.45, 2.75) is 6.61 Å². The second-order valence-corrected chi connectivity index (χ2v) is 2.66. The maximum atomic E-state index is 10.6. The molecule has 10 heavy (non-hydrogen) atoms. The average molecular weight is 204 g/mol. The van der Waals surface area contributed by atoms with Crippen molar-refractivity contribution in [3.8, 4) is 0 Å². The molecule has 1 rings (SSSR count). The zero-order chi connectivity index (χ0) is 7.56. The summed E-state index contributed by atoms with van der Waals surface area (Å²) in [7, 11) is 0. The van der Waals surface area contributed by atoms with Crippen LogP contribution < -0.4 is 5.56 Å². The number of rotatable bonds is 1. The van der Waals surface area contributed by atoms with E-state index in [2.05, 4.69) is 20.9 Å². The number of halogens is 1. The maximum absolute atomic E-state index is 10.6. The minimum absolute atomic E-state index is 0.156. The van der Waals surface area contributed by atoms with Crippen molar-refractivity contribution in [1.29, 1.82) is 0 Å². The summed E-state index contributed by atoms with van der Waals surface area (Å²) >= 11 is 3.16. The molecule has 0 spiro atoms. The van der Waals surface area contributed by atoms with E-state index in [4.69, 9.17) is 5.11 Å². The van der Waals surface area contributed by atoms with Gasteiger partial charge in [0.05, 0.1) is 12.3 Å². The molecule has 54 valence electrons. The smallest absolute Gasteiger partial charge is 0.248 e. The molecule has 0 amide bonds. The van der Waals surface area contributed by atoms with Gasteiger partial charge in [0.25, 0.3) is 0 Å². The van der Waals surface area contributed by atoms with Gasteiger partial charge in [-0.1, -0.05) is 0 Å². The SMILES string of the molecule is O=c1ccc(Br)c(CO)[nH]1. The fourth-order valence-corrected chi connectivity index (χ4v) is 0.971. The predicted molar refractivity (Wildman–Crippen MR) is 40.7 cm³/mol. The normalized spacial score (nSPS) is 9.80. The third kappa shape index (κ3) is 1.46. The van der Waals surface area contributed by atoms with E-state index < -0.39 is 0 Å². The van der Waals surface area contributed by atoms with E-state index in [-0.39, 0.29) is 12.2 Å². The number of aromatic nitrogens is 1. The Bertz CT molecular complexity index is 281. The lowest BCUT2D eigenvalue weighted by atomic mass is 10.4. The molecule has 0 aromatic carbocycles. The molecule has 0 fully saturated rings. The monoisotopic (exact) mass is 203 g/mol. The van der Waals surface area contributed by atoms with Gasteiger partial charge in [-0.05, 0) is 22.0 Å². The Labute approximate surface area is 65.8 Å². The van der Waals surface area contributed by atoms with Crippen LogP contribution in [0.3, 0.4) is 0 Å². The Morgan fingerprint density at radius 1 is 1.60 bits per heavy atom. The highest BCUT2D eigenvalue weighted by Crippen LogP contribution is 2.10. The molecule has 0 unspecified atom stereocenters. The fourth-order valence-electron chi connectivity index (χ4n) is 0.615. The fraction of sp³-hybridized carbons (Fsp3) is 0.167. The van der Waals surface area contributed by atoms with Crippen LogP contribution in [0.25, 0.3) is 0 Å². The second kappa shape index (κ2) is 2.98. The van der Waals surface area contributed by atoms with Crippen LogP contribution in [-0.2, 0) is 6.61 Å². The van der Waals surface area contributed by atoms with E-state index in [9.17, 15) is 4.79 Å². The molecule has 0 saturated carbocycles. The predicted octanol–water partition coefficient (Wildman–Crippen LogP) is 0.630. The molecule has 1 heterocycles. The number of H-pyrrole nitrogens is 1. The summed E-state index contributed by atoms with van der Waals surface area (Å²) < 4.78 is 0.717. The number of nitrogens with one attached hydrogen (secondary N) is 1. The zero-order valence-electron chi connectivity index (χ0n) is 5.10. The van der Waals surface area contributed by atoms with Crippen LogP contribution in [0.15, 0.2) is 21.4 Å². The summed E-state index contributed by atoms with van der Waals surface area (Å²) in [4.78, 5) is 13.1. The number of aromatic amines is 1. The van der Waals surface area contributed by atoms with Crippen molar-refractivity contribution in [2.24, 2.45) is 0 Å². The Balaban J connectivity index is 3.22. The van der Waals surface area contributed by atoms with E-state index in [1.54, 1.807) is 6.07 Å². The van der Waals surface area contributed by atoms with Crippen LogP contribution in [0.5, 0.6) is 0 Å².